The van der Waals surface area contributed by atoms with Gasteiger partial charge in [-0.1, -0.05) is 0 Å². The number of amides is 1. The van der Waals surface area contributed by atoms with Crippen LogP contribution in [0.4, 0.5) is 5.82 Å². The predicted molar refractivity (Wildman–Crippen MR) is 59.5 cm³/mol. The molecular formula is C10H16N4O. The van der Waals surface area contributed by atoms with E-state index in [4.69, 9.17) is 11.5 Å². The van der Waals surface area contributed by atoms with Crippen molar-refractivity contribution in [1.82, 2.24) is 4.98 Å². The van der Waals surface area contributed by atoms with Crippen molar-refractivity contribution in [3.8, 4) is 0 Å². The molecule has 5 nitrogen and oxygen atoms in total. The monoisotopic (exact) mass is 208 g/mol. The van der Waals surface area contributed by atoms with Crippen molar-refractivity contribution < 1.29 is 4.79 Å². The minimum atomic E-state index is -0.468. The van der Waals surface area contributed by atoms with Crippen molar-refractivity contribution >= 4 is 11.7 Å². The van der Waals surface area contributed by atoms with Gasteiger partial charge >= 0.3 is 0 Å². The number of hydrogen-bond acceptors (Lipinski definition) is 4. The molecule has 0 aliphatic carbocycles. The van der Waals surface area contributed by atoms with Crippen LogP contribution in [0.2, 0.25) is 0 Å². The summed E-state index contributed by atoms with van der Waals surface area (Å²) in [7, 11) is 0. The Balaban J connectivity index is 2.56. The summed E-state index contributed by atoms with van der Waals surface area (Å²) >= 11 is 0. The van der Waals surface area contributed by atoms with Crippen LogP contribution in [0.15, 0.2) is 18.3 Å². The number of anilines is 1. The maximum Gasteiger partial charge on any atom is 0.252 e. The zero-order valence-corrected chi connectivity index (χ0v) is 8.57. The Bertz CT molecular complexity index is 327. The number of rotatable bonds is 6. The molecule has 0 saturated carbocycles. The van der Waals surface area contributed by atoms with Gasteiger partial charge in [0.05, 0.1) is 5.56 Å². The van der Waals surface area contributed by atoms with E-state index in [1.54, 1.807) is 18.3 Å². The molecule has 5 N–H and O–H groups in total. The van der Waals surface area contributed by atoms with Gasteiger partial charge in [-0.25, -0.2) is 4.98 Å². The standard InChI is InChI=1S/C10H16N4O/c11-5-1-2-6-13-10-8(9(12)15)4-3-7-14-10/h3-4,7H,1-2,5-6,11H2,(H2,12,15)(H,13,14). The summed E-state index contributed by atoms with van der Waals surface area (Å²) in [5.74, 6) is 0.0754. The van der Waals surface area contributed by atoms with Crippen LogP contribution in [0, 0.1) is 0 Å². The molecule has 1 aromatic heterocycles. The van der Waals surface area contributed by atoms with Crippen molar-refractivity contribution in [2.24, 2.45) is 11.5 Å². The molecule has 0 unspecified atom stereocenters. The lowest BCUT2D eigenvalue weighted by Crippen LogP contribution is -2.16. The summed E-state index contributed by atoms with van der Waals surface area (Å²) in [6, 6.07) is 3.34. The Kier molecular flexibility index (Phi) is 4.56. The fourth-order valence-electron chi connectivity index (χ4n) is 1.22. The van der Waals surface area contributed by atoms with Crippen LogP contribution in [0.25, 0.3) is 0 Å². The first kappa shape index (κ1) is 11.5. The Labute approximate surface area is 88.9 Å². The molecule has 1 aromatic rings. The zero-order valence-electron chi connectivity index (χ0n) is 8.57. The Morgan fingerprint density at radius 3 is 2.93 bits per heavy atom. The fraction of sp³-hybridized carbons (Fsp3) is 0.400. The summed E-state index contributed by atoms with van der Waals surface area (Å²) in [6.45, 7) is 1.42. The molecule has 1 rings (SSSR count). The predicted octanol–water partition coefficient (Wildman–Crippen LogP) is 0.331. The minimum absolute atomic E-state index is 0.422. The summed E-state index contributed by atoms with van der Waals surface area (Å²) in [4.78, 5) is 15.1. The van der Waals surface area contributed by atoms with E-state index in [0.29, 0.717) is 17.9 Å². The first-order valence-electron chi connectivity index (χ1n) is 4.94. The molecule has 0 spiro atoms. The average Bonchev–Trinajstić information content (AvgIpc) is 2.25. The smallest absolute Gasteiger partial charge is 0.252 e. The summed E-state index contributed by atoms with van der Waals surface area (Å²) in [5, 5.41) is 3.06. The zero-order chi connectivity index (χ0) is 11.1. The number of nitrogens with one attached hydrogen (secondary N) is 1. The number of carbonyl (C=O) groups excluding carboxylic acids is 1. The molecule has 0 fully saturated rings. The number of pyridine rings is 1. The lowest BCUT2D eigenvalue weighted by Gasteiger charge is -2.07. The number of primary amides is 1. The van der Waals surface area contributed by atoms with Gasteiger partial charge in [-0.3, -0.25) is 4.79 Å². The van der Waals surface area contributed by atoms with E-state index in [1.165, 1.54) is 0 Å². The highest BCUT2D eigenvalue weighted by Gasteiger charge is 2.07. The second-order valence-corrected chi connectivity index (χ2v) is 3.19. The molecule has 15 heavy (non-hydrogen) atoms. The van der Waals surface area contributed by atoms with Gasteiger partial charge in [0.1, 0.15) is 5.82 Å². The maximum absolute atomic E-state index is 11.0. The second kappa shape index (κ2) is 5.98. The third kappa shape index (κ3) is 3.55. The normalized spacial score (nSPS) is 9.93. The van der Waals surface area contributed by atoms with E-state index < -0.39 is 5.91 Å². The van der Waals surface area contributed by atoms with Crippen LogP contribution in [0.3, 0.4) is 0 Å². The second-order valence-electron chi connectivity index (χ2n) is 3.19. The van der Waals surface area contributed by atoms with Crippen molar-refractivity contribution in [3.05, 3.63) is 23.9 Å². The van der Waals surface area contributed by atoms with Crippen LogP contribution in [-0.4, -0.2) is 24.0 Å². The first-order chi connectivity index (χ1) is 7.25. The third-order valence-corrected chi connectivity index (χ3v) is 2.00. The minimum Gasteiger partial charge on any atom is -0.369 e. The van der Waals surface area contributed by atoms with E-state index in [-0.39, 0.29) is 0 Å². The molecule has 5 heteroatoms. The van der Waals surface area contributed by atoms with Crippen LogP contribution in [0.1, 0.15) is 23.2 Å². The number of hydrogen-bond donors (Lipinski definition) is 3. The van der Waals surface area contributed by atoms with Gasteiger partial charge < -0.3 is 16.8 Å². The highest BCUT2D eigenvalue weighted by atomic mass is 16.1. The molecular weight excluding hydrogens is 192 g/mol. The Hall–Kier alpha value is -1.62. The van der Waals surface area contributed by atoms with Crippen molar-refractivity contribution in [1.29, 1.82) is 0 Å². The van der Waals surface area contributed by atoms with Crippen LogP contribution >= 0.6 is 0 Å². The van der Waals surface area contributed by atoms with Crippen molar-refractivity contribution in [2.45, 2.75) is 12.8 Å². The van der Waals surface area contributed by atoms with Gasteiger partial charge in [-0.15, -0.1) is 0 Å². The van der Waals surface area contributed by atoms with E-state index in [0.717, 1.165) is 19.4 Å². The highest BCUT2D eigenvalue weighted by Crippen LogP contribution is 2.10. The molecule has 0 radical (unpaired) electrons. The molecule has 1 amide bonds. The molecule has 0 saturated heterocycles. The van der Waals surface area contributed by atoms with Crippen LogP contribution in [-0.2, 0) is 0 Å². The Morgan fingerprint density at radius 2 is 2.27 bits per heavy atom. The molecule has 0 aliphatic rings. The fourth-order valence-corrected chi connectivity index (χ4v) is 1.22. The van der Waals surface area contributed by atoms with E-state index in [2.05, 4.69) is 10.3 Å². The molecule has 0 aromatic carbocycles. The van der Waals surface area contributed by atoms with Gasteiger partial charge in [0.2, 0.25) is 0 Å². The van der Waals surface area contributed by atoms with Gasteiger partial charge in [-0.05, 0) is 31.5 Å². The molecule has 0 bridgehead atoms. The number of nitrogens with zero attached hydrogens (tertiary/aromatic N) is 1. The number of carbonyl (C=O) groups is 1. The number of nitrogens with two attached hydrogens (primary N) is 2. The van der Waals surface area contributed by atoms with Crippen molar-refractivity contribution in [3.63, 3.8) is 0 Å². The summed E-state index contributed by atoms with van der Waals surface area (Å²) in [5.41, 5.74) is 11.0. The Morgan fingerprint density at radius 1 is 1.47 bits per heavy atom. The highest BCUT2D eigenvalue weighted by molar-refractivity contribution is 5.97. The number of aromatic nitrogens is 1. The molecule has 0 atom stereocenters. The topological polar surface area (TPSA) is 94.0 Å². The maximum atomic E-state index is 11.0. The largest absolute Gasteiger partial charge is 0.369 e. The first-order valence-corrected chi connectivity index (χ1v) is 4.94. The van der Waals surface area contributed by atoms with Gasteiger partial charge in [0.15, 0.2) is 0 Å². The van der Waals surface area contributed by atoms with E-state index >= 15 is 0 Å². The van der Waals surface area contributed by atoms with Gasteiger partial charge in [-0.2, -0.15) is 0 Å². The number of unbranched alkanes of at least 4 members (excludes halogenated alkanes) is 1. The van der Waals surface area contributed by atoms with Crippen molar-refractivity contribution in [2.75, 3.05) is 18.4 Å². The van der Waals surface area contributed by atoms with Crippen LogP contribution < -0.4 is 16.8 Å². The lowest BCUT2D eigenvalue weighted by atomic mass is 10.2. The van der Waals surface area contributed by atoms with Gasteiger partial charge in [0.25, 0.3) is 5.91 Å². The molecule has 82 valence electrons. The van der Waals surface area contributed by atoms with E-state index in [1.807, 2.05) is 0 Å². The lowest BCUT2D eigenvalue weighted by molar-refractivity contribution is 0.100. The summed E-state index contributed by atoms with van der Waals surface area (Å²) < 4.78 is 0. The van der Waals surface area contributed by atoms with Gasteiger partial charge in [0, 0.05) is 12.7 Å². The molecule has 1 heterocycles. The SMILES string of the molecule is NCCCCNc1ncccc1C(N)=O. The third-order valence-electron chi connectivity index (χ3n) is 2.00. The van der Waals surface area contributed by atoms with Crippen LogP contribution in [0.5, 0.6) is 0 Å². The van der Waals surface area contributed by atoms with E-state index in [9.17, 15) is 4.79 Å². The average molecular weight is 208 g/mol. The summed E-state index contributed by atoms with van der Waals surface area (Å²) in [6.07, 6.45) is 3.52. The molecule has 0 aliphatic heterocycles. The quantitative estimate of drug-likeness (QED) is 0.587.